The molecule has 0 unspecified atom stereocenters. The Morgan fingerprint density at radius 2 is 1.95 bits per heavy atom. The minimum Gasteiger partial charge on any atom is -0.383 e. The van der Waals surface area contributed by atoms with Crippen LogP contribution in [0.25, 0.3) is 0 Å². The number of benzene rings is 1. The Balaban J connectivity index is 2.48. The molecule has 0 spiro atoms. The van der Waals surface area contributed by atoms with E-state index in [0.29, 0.717) is 12.1 Å². The molecule has 0 aliphatic heterocycles. The maximum absolute atomic E-state index is 13.7. The van der Waals surface area contributed by atoms with Gasteiger partial charge in [0, 0.05) is 19.2 Å². The Labute approximate surface area is 126 Å². The van der Waals surface area contributed by atoms with E-state index in [1.54, 1.807) is 0 Å². The van der Waals surface area contributed by atoms with Crippen molar-refractivity contribution in [2.45, 2.75) is 6.54 Å². The summed E-state index contributed by atoms with van der Waals surface area (Å²) >= 11 is 3.11. The van der Waals surface area contributed by atoms with Crippen molar-refractivity contribution < 1.29 is 22.7 Å². The van der Waals surface area contributed by atoms with Gasteiger partial charge in [0.2, 0.25) is 5.78 Å². The molecule has 4 nitrogen and oxygen atoms in total. The summed E-state index contributed by atoms with van der Waals surface area (Å²) in [5, 5.41) is 3.93. The van der Waals surface area contributed by atoms with Gasteiger partial charge < -0.3 is 4.74 Å². The maximum atomic E-state index is 13.7. The number of rotatable bonds is 5. The number of hydrogen-bond acceptors (Lipinski definition) is 3. The summed E-state index contributed by atoms with van der Waals surface area (Å²) in [7, 11) is 1.47. The zero-order valence-electron chi connectivity index (χ0n) is 10.9. The predicted molar refractivity (Wildman–Crippen MR) is 71.6 cm³/mol. The van der Waals surface area contributed by atoms with Gasteiger partial charge >= 0.3 is 0 Å². The van der Waals surface area contributed by atoms with E-state index in [-0.39, 0.29) is 23.3 Å². The average molecular weight is 363 g/mol. The van der Waals surface area contributed by atoms with Crippen LogP contribution in [0.5, 0.6) is 0 Å². The molecule has 0 aliphatic rings. The van der Waals surface area contributed by atoms with E-state index in [2.05, 4.69) is 21.0 Å². The molecular weight excluding hydrogens is 353 g/mol. The van der Waals surface area contributed by atoms with Gasteiger partial charge in [0.25, 0.3) is 0 Å². The fourth-order valence-corrected chi connectivity index (χ4v) is 2.29. The van der Waals surface area contributed by atoms with E-state index in [1.807, 2.05) is 0 Å². The van der Waals surface area contributed by atoms with Gasteiger partial charge in [-0.25, -0.2) is 13.2 Å². The molecule has 8 heteroatoms. The van der Waals surface area contributed by atoms with Crippen LogP contribution in [0.15, 0.2) is 22.8 Å². The van der Waals surface area contributed by atoms with E-state index in [9.17, 15) is 18.0 Å². The van der Waals surface area contributed by atoms with E-state index in [0.717, 1.165) is 0 Å². The van der Waals surface area contributed by atoms with Gasteiger partial charge in [-0.3, -0.25) is 9.48 Å². The fourth-order valence-electron chi connectivity index (χ4n) is 1.81. The van der Waals surface area contributed by atoms with Gasteiger partial charge in [-0.15, -0.1) is 0 Å². The highest BCUT2D eigenvalue weighted by Gasteiger charge is 2.25. The molecule has 1 aromatic carbocycles. The highest BCUT2D eigenvalue weighted by atomic mass is 79.9. The molecule has 0 N–H and O–H groups in total. The Morgan fingerprint density at radius 3 is 2.52 bits per heavy atom. The van der Waals surface area contributed by atoms with Gasteiger partial charge in [0.1, 0.15) is 23.1 Å². The SMILES string of the molecule is COCCn1ncc(Br)c1C(=O)c1c(F)cc(F)cc1F. The van der Waals surface area contributed by atoms with Crippen molar-refractivity contribution in [2.24, 2.45) is 0 Å². The van der Waals surface area contributed by atoms with Crippen LogP contribution in [0.2, 0.25) is 0 Å². The second kappa shape index (κ2) is 6.40. The maximum Gasteiger partial charge on any atom is 0.218 e. The van der Waals surface area contributed by atoms with Crippen molar-refractivity contribution in [1.82, 2.24) is 9.78 Å². The van der Waals surface area contributed by atoms with Crippen LogP contribution in [-0.2, 0) is 11.3 Å². The van der Waals surface area contributed by atoms with Crippen LogP contribution < -0.4 is 0 Å². The minimum atomic E-state index is -1.26. The van der Waals surface area contributed by atoms with Crippen LogP contribution in [0.3, 0.4) is 0 Å². The van der Waals surface area contributed by atoms with Gasteiger partial charge in [0.05, 0.1) is 29.4 Å². The molecule has 0 saturated heterocycles. The molecule has 2 rings (SSSR count). The van der Waals surface area contributed by atoms with Gasteiger partial charge in [-0.05, 0) is 15.9 Å². The molecule has 0 amide bonds. The Bertz CT molecular complexity index is 665. The summed E-state index contributed by atoms with van der Waals surface area (Å²) in [4.78, 5) is 12.3. The zero-order valence-corrected chi connectivity index (χ0v) is 12.5. The number of ketones is 1. The molecule has 0 radical (unpaired) electrons. The van der Waals surface area contributed by atoms with Crippen LogP contribution in [0.4, 0.5) is 13.2 Å². The molecule has 0 saturated carbocycles. The third-order valence-corrected chi connectivity index (χ3v) is 3.33. The number of carbonyl (C=O) groups is 1. The smallest absolute Gasteiger partial charge is 0.218 e. The lowest BCUT2D eigenvalue weighted by Crippen LogP contribution is -2.17. The minimum absolute atomic E-state index is 0.0311. The molecule has 1 aromatic heterocycles. The number of methoxy groups -OCH3 is 1. The van der Waals surface area contributed by atoms with E-state index >= 15 is 0 Å². The highest BCUT2D eigenvalue weighted by Crippen LogP contribution is 2.23. The normalized spacial score (nSPS) is 10.9. The highest BCUT2D eigenvalue weighted by molar-refractivity contribution is 9.10. The van der Waals surface area contributed by atoms with Crippen LogP contribution in [0.1, 0.15) is 16.1 Å². The average Bonchev–Trinajstić information content (AvgIpc) is 2.76. The first-order valence-electron chi connectivity index (χ1n) is 5.85. The summed E-state index contributed by atoms with van der Waals surface area (Å²) in [6.45, 7) is 0.496. The molecule has 0 aliphatic carbocycles. The molecule has 21 heavy (non-hydrogen) atoms. The van der Waals surface area contributed by atoms with Crippen molar-refractivity contribution in [3.63, 3.8) is 0 Å². The standard InChI is InChI=1S/C13H10BrF3N2O2/c1-21-3-2-19-12(8(14)6-18-19)13(20)11-9(16)4-7(15)5-10(11)17/h4-6H,2-3H2,1H3. The number of nitrogens with zero attached hydrogens (tertiary/aromatic N) is 2. The first-order chi connectivity index (χ1) is 9.95. The van der Waals surface area contributed by atoms with Crippen molar-refractivity contribution in [2.75, 3.05) is 13.7 Å². The second-order valence-electron chi connectivity index (χ2n) is 4.13. The summed E-state index contributed by atoms with van der Waals surface area (Å²) in [6.07, 6.45) is 1.34. The number of aromatic nitrogens is 2. The topological polar surface area (TPSA) is 44.1 Å². The Hall–Kier alpha value is -1.67. The molecule has 1 heterocycles. The number of halogens is 4. The van der Waals surface area contributed by atoms with Gasteiger partial charge in [0.15, 0.2) is 0 Å². The lowest BCUT2D eigenvalue weighted by Gasteiger charge is -2.08. The largest absolute Gasteiger partial charge is 0.383 e. The number of carbonyl (C=O) groups excluding carboxylic acids is 1. The molecule has 2 aromatic rings. The van der Waals surface area contributed by atoms with E-state index < -0.39 is 28.8 Å². The van der Waals surface area contributed by atoms with Crippen molar-refractivity contribution >= 4 is 21.7 Å². The van der Waals surface area contributed by atoms with Crippen molar-refractivity contribution in [3.05, 3.63) is 51.5 Å². The fraction of sp³-hybridized carbons (Fsp3) is 0.231. The van der Waals surface area contributed by atoms with E-state index in [4.69, 9.17) is 4.74 Å². The third-order valence-electron chi connectivity index (χ3n) is 2.75. The van der Waals surface area contributed by atoms with Gasteiger partial charge in [-0.1, -0.05) is 0 Å². The Morgan fingerprint density at radius 1 is 1.33 bits per heavy atom. The van der Waals surface area contributed by atoms with Crippen LogP contribution in [0, 0.1) is 17.5 Å². The summed E-state index contributed by atoms with van der Waals surface area (Å²) in [5.41, 5.74) is -0.854. The molecule has 112 valence electrons. The van der Waals surface area contributed by atoms with Crippen LogP contribution >= 0.6 is 15.9 Å². The molecule has 0 bridgehead atoms. The third kappa shape index (κ3) is 3.16. The van der Waals surface area contributed by atoms with Crippen molar-refractivity contribution in [1.29, 1.82) is 0 Å². The first-order valence-corrected chi connectivity index (χ1v) is 6.64. The van der Waals surface area contributed by atoms with Crippen molar-refractivity contribution in [3.8, 4) is 0 Å². The number of hydrogen-bond donors (Lipinski definition) is 0. The quantitative estimate of drug-likeness (QED) is 0.768. The van der Waals surface area contributed by atoms with Gasteiger partial charge in [-0.2, -0.15) is 5.10 Å². The zero-order chi connectivity index (χ0) is 15.6. The lowest BCUT2D eigenvalue weighted by molar-refractivity contribution is 0.101. The predicted octanol–water partition coefficient (Wildman–Crippen LogP) is 2.94. The second-order valence-corrected chi connectivity index (χ2v) is 4.98. The first kappa shape index (κ1) is 15.7. The Kier molecular flexibility index (Phi) is 4.79. The molecular formula is C13H10BrF3N2O2. The lowest BCUT2D eigenvalue weighted by atomic mass is 10.1. The molecule has 0 fully saturated rings. The molecule has 0 atom stereocenters. The van der Waals surface area contributed by atoms with Crippen LogP contribution in [-0.4, -0.2) is 29.3 Å². The summed E-state index contributed by atoms with van der Waals surface area (Å²) < 4.78 is 46.7. The van der Waals surface area contributed by atoms with E-state index in [1.165, 1.54) is 18.0 Å². The summed E-state index contributed by atoms with van der Waals surface area (Å²) in [6, 6.07) is 0.917. The number of ether oxygens (including phenoxy) is 1. The monoisotopic (exact) mass is 362 g/mol. The summed E-state index contributed by atoms with van der Waals surface area (Å²) in [5.74, 6) is -4.54.